The highest BCUT2D eigenvalue weighted by Crippen LogP contribution is 2.66. The highest BCUT2D eigenvalue weighted by molar-refractivity contribution is 5.66. The van der Waals surface area contributed by atoms with E-state index in [-0.39, 0.29) is 12.1 Å². The summed E-state index contributed by atoms with van der Waals surface area (Å²) < 4.78 is 5.64. The molecule has 0 aromatic rings. The van der Waals surface area contributed by atoms with Crippen LogP contribution < -0.4 is 0 Å². The molecule has 0 aliphatic heterocycles. The Kier molecular flexibility index (Phi) is 7.05. The summed E-state index contributed by atoms with van der Waals surface area (Å²) >= 11 is 0. The van der Waals surface area contributed by atoms with Crippen molar-refractivity contribution in [2.45, 2.75) is 105 Å². The van der Waals surface area contributed by atoms with E-state index in [2.05, 4.69) is 59.4 Å². The quantitative estimate of drug-likeness (QED) is 0.299. The van der Waals surface area contributed by atoms with E-state index >= 15 is 0 Å². The molecular formula is C31H48O2. The topological polar surface area (TPSA) is 26.3 Å². The van der Waals surface area contributed by atoms with E-state index in [0.29, 0.717) is 28.6 Å². The van der Waals surface area contributed by atoms with Gasteiger partial charge in [0.1, 0.15) is 6.10 Å². The summed E-state index contributed by atoms with van der Waals surface area (Å²) in [6.45, 7) is 17.9. The van der Waals surface area contributed by atoms with Crippen LogP contribution in [-0.4, -0.2) is 12.1 Å². The first kappa shape index (κ1) is 24.8. The Morgan fingerprint density at radius 3 is 2.48 bits per heavy atom. The second-order valence-corrected chi connectivity index (χ2v) is 12.6. The molecule has 2 nitrogen and oxygen atoms in total. The second-order valence-electron chi connectivity index (χ2n) is 12.6. The molecule has 0 amide bonds. The zero-order chi connectivity index (χ0) is 24.0. The lowest BCUT2D eigenvalue weighted by molar-refractivity contribution is -0.152. The van der Waals surface area contributed by atoms with Crippen molar-refractivity contribution in [2.75, 3.05) is 0 Å². The average Bonchev–Trinajstić information content (AvgIpc) is 3.11. The Balaban J connectivity index is 1.51. The largest absolute Gasteiger partial charge is 0.463 e. The molecular weight excluding hydrogens is 404 g/mol. The number of allylic oxidation sites excluding steroid dienone is 5. The SMILES string of the molecule is C=C(C)[C@H](/C=C\[C@H](C)[C@@H]1CC[C@@H]2C3=CC[C@@H]4C[C@H](OC(C)=O)CC[C@]4(C)[C@@H]3CC[C@@]21C)CC. The normalized spacial score (nSPS) is 42.0. The monoisotopic (exact) mass is 452 g/mol. The van der Waals surface area contributed by atoms with Crippen molar-refractivity contribution in [3.05, 3.63) is 36.0 Å². The molecule has 4 rings (SSSR count). The van der Waals surface area contributed by atoms with Crippen LogP contribution in [0.2, 0.25) is 0 Å². The van der Waals surface area contributed by atoms with Crippen molar-refractivity contribution in [1.82, 2.24) is 0 Å². The van der Waals surface area contributed by atoms with Crippen LogP contribution in [0.5, 0.6) is 0 Å². The molecule has 0 spiro atoms. The molecule has 0 unspecified atom stereocenters. The Morgan fingerprint density at radius 1 is 1.12 bits per heavy atom. The summed E-state index contributed by atoms with van der Waals surface area (Å²) in [6.07, 6.45) is 18.9. The van der Waals surface area contributed by atoms with Crippen LogP contribution in [0, 0.1) is 46.3 Å². The predicted octanol–water partition coefficient (Wildman–Crippen LogP) is 8.29. The molecule has 0 heterocycles. The fourth-order valence-corrected chi connectivity index (χ4v) is 8.81. The van der Waals surface area contributed by atoms with Gasteiger partial charge in [0, 0.05) is 6.92 Å². The number of hydrogen-bond donors (Lipinski definition) is 0. The molecule has 9 atom stereocenters. The predicted molar refractivity (Wildman–Crippen MR) is 138 cm³/mol. The fourth-order valence-electron chi connectivity index (χ4n) is 8.81. The lowest BCUT2D eigenvalue weighted by Crippen LogP contribution is -2.50. The van der Waals surface area contributed by atoms with Crippen LogP contribution >= 0.6 is 0 Å². The van der Waals surface area contributed by atoms with Gasteiger partial charge < -0.3 is 4.74 Å². The summed E-state index contributed by atoms with van der Waals surface area (Å²) in [4.78, 5) is 11.5. The molecule has 0 aromatic carbocycles. The van der Waals surface area contributed by atoms with E-state index < -0.39 is 0 Å². The lowest BCUT2D eigenvalue weighted by Gasteiger charge is -2.58. The minimum atomic E-state index is -0.113. The van der Waals surface area contributed by atoms with Crippen molar-refractivity contribution in [2.24, 2.45) is 46.3 Å². The number of ether oxygens (including phenoxy) is 1. The third kappa shape index (κ3) is 4.41. The number of rotatable bonds is 6. The molecule has 0 radical (unpaired) electrons. The van der Waals surface area contributed by atoms with E-state index in [9.17, 15) is 4.79 Å². The molecule has 184 valence electrons. The molecule has 33 heavy (non-hydrogen) atoms. The molecule has 3 saturated carbocycles. The molecule has 0 saturated heterocycles. The molecule has 4 aliphatic carbocycles. The Morgan fingerprint density at radius 2 is 1.82 bits per heavy atom. The fraction of sp³-hybridized carbons (Fsp3) is 0.774. The molecule has 3 fully saturated rings. The Hall–Kier alpha value is -1.31. The van der Waals surface area contributed by atoms with Crippen LogP contribution in [0.4, 0.5) is 0 Å². The van der Waals surface area contributed by atoms with Gasteiger partial charge in [0.25, 0.3) is 0 Å². The maximum absolute atomic E-state index is 11.5. The highest BCUT2D eigenvalue weighted by atomic mass is 16.5. The highest BCUT2D eigenvalue weighted by Gasteiger charge is 2.58. The first-order valence-corrected chi connectivity index (χ1v) is 13.8. The number of esters is 1. The standard InChI is InChI=1S/C31H48O2/c1-8-23(20(2)3)10-9-21(4)27-13-14-28-26-12-11-24-19-25(33-22(5)32)15-17-30(24,6)29(26)16-18-31(27,28)7/h9-10,12,21,23-25,27-29H,2,8,11,13-19H2,1,3-7H3/b10-9-/t21-,23-,24+,25+,27-,28+,29+,30-,31+/m0/s1. The summed E-state index contributed by atoms with van der Waals surface area (Å²) in [7, 11) is 0. The number of hydrogen-bond acceptors (Lipinski definition) is 2. The van der Waals surface area contributed by atoms with Gasteiger partial charge >= 0.3 is 5.97 Å². The number of fused-ring (bicyclic) bond motifs is 5. The summed E-state index contributed by atoms with van der Waals surface area (Å²) in [5.74, 6) is 4.01. The average molecular weight is 453 g/mol. The third-order valence-corrected chi connectivity index (χ3v) is 10.8. The maximum atomic E-state index is 11.5. The zero-order valence-electron chi connectivity index (χ0n) is 22.2. The summed E-state index contributed by atoms with van der Waals surface area (Å²) in [5, 5.41) is 0. The summed E-state index contributed by atoms with van der Waals surface area (Å²) in [6, 6.07) is 0. The minimum absolute atomic E-state index is 0.113. The lowest BCUT2D eigenvalue weighted by atomic mass is 9.47. The van der Waals surface area contributed by atoms with Gasteiger partial charge in [-0.25, -0.2) is 0 Å². The van der Waals surface area contributed by atoms with Crippen LogP contribution in [0.1, 0.15) is 99.3 Å². The third-order valence-electron chi connectivity index (χ3n) is 10.8. The summed E-state index contributed by atoms with van der Waals surface area (Å²) in [5.41, 5.74) is 3.94. The molecule has 2 heteroatoms. The Bertz CT molecular complexity index is 821. The maximum Gasteiger partial charge on any atom is 0.302 e. The van der Waals surface area contributed by atoms with Crippen molar-refractivity contribution in [1.29, 1.82) is 0 Å². The second kappa shape index (κ2) is 9.38. The van der Waals surface area contributed by atoms with E-state index in [0.717, 1.165) is 37.0 Å². The van der Waals surface area contributed by atoms with E-state index in [1.165, 1.54) is 44.1 Å². The van der Waals surface area contributed by atoms with Gasteiger partial charge in [-0.3, -0.25) is 4.79 Å². The molecule has 4 aliphatic rings. The van der Waals surface area contributed by atoms with Gasteiger partial charge in [-0.05, 0) is 111 Å². The van der Waals surface area contributed by atoms with Gasteiger partial charge in [0.15, 0.2) is 0 Å². The number of carbonyl (C=O) groups excluding carboxylic acids is 1. The first-order chi connectivity index (χ1) is 15.6. The first-order valence-electron chi connectivity index (χ1n) is 13.8. The molecule has 0 aromatic heterocycles. The van der Waals surface area contributed by atoms with Gasteiger partial charge in [-0.1, -0.05) is 63.6 Å². The zero-order valence-corrected chi connectivity index (χ0v) is 22.2. The van der Waals surface area contributed by atoms with Gasteiger partial charge in [0.2, 0.25) is 0 Å². The van der Waals surface area contributed by atoms with Crippen LogP contribution in [0.25, 0.3) is 0 Å². The van der Waals surface area contributed by atoms with Crippen molar-refractivity contribution in [3.8, 4) is 0 Å². The number of carbonyl (C=O) groups is 1. The van der Waals surface area contributed by atoms with Crippen LogP contribution in [0.15, 0.2) is 36.0 Å². The minimum Gasteiger partial charge on any atom is -0.463 e. The van der Waals surface area contributed by atoms with Crippen LogP contribution in [0.3, 0.4) is 0 Å². The Labute approximate surface area is 203 Å². The van der Waals surface area contributed by atoms with Crippen molar-refractivity contribution >= 4 is 5.97 Å². The molecule has 0 bridgehead atoms. The molecule has 0 N–H and O–H groups in total. The van der Waals surface area contributed by atoms with Gasteiger partial charge in [-0.15, -0.1) is 0 Å². The van der Waals surface area contributed by atoms with E-state index in [4.69, 9.17) is 4.74 Å². The van der Waals surface area contributed by atoms with Gasteiger partial charge in [-0.2, -0.15) is 0 Å². The smallest absolute Gasteiger partial charge is 0.302 e. The van der Waals surface area contributed by atoms with E-state index in [1.807, 2.05) is 5.57 Å². The van der Waals surface area contributed by atoms with Crippen molar-refractivity contribution in [3.63, 3.8) is 0 Å². The van der Waals surface area contributed by atoms with Crippen LogP contribution in [-0.2, 0) is 9.53 Å². The van der Waals surface area contributed by atoms with Gasteiger partial charge in [0.05, 0.1) is 0 Å². The van der Waals surface area contributed by atoms with E-state index in [1.54, 1.807) is 6.92 Å². The van der Waals surface area contributed by atoms with Crippen molar-refractivity contribution < 1.29 is 9.53 Å².